The molecule has 0 saturated heterocycles. The largest absolute Gasteiger partial charge is 0.462 e. The summed E-state index contributed by atoms with van der Waals surface area (Å²) in [6.07, 6.45) is 66.4. The van der Waals surface area contributed by atoms with E-state index in [9.17, 15) is 14.4 Å². The molecule has 0 heterocycles. The highest BCUT2D eigenvalue weighted by Gasteiger charge is 2.19. The number of unbranched alkanes of at least 4 members (excludes halogenated alkanes) is 30. The molecule has 0 aromatic rings. The highest BCUT2D eigenvalue weighted by Crippen LogP contribution is 2.15. The molecule has 65 heavy (non-hydrogen) atoms. The number of rotatable bonds is 50. The Morgan fingerprint density at radius 3 is 1.05 bits per heavy atom. The van der Waals surface area contributed by atoms with E-state index in [1.54, 1.807) is 0 Å². The summed E-state index contributed by atoms with van der Waals surface area (Å²) in [5, 5.41) is 0. The van der Waals surface area contributed by atoms with E-state index in [-0.39, 0.29) is 37.5 Å². The molecule has 6 nitrogen and oxygen atoms in total. The van der Waals surface area contributed by atoms with Crippen LogP contribution < -0.4 is 0 Å². The average molecular weight is 909 g/mol. The molecule has 0 amide bonds. The van der Waals surface area contributed by atoms with Crippen LogP contribution in [0.25, 0.3) is 0 Å². The lowest BCUT2D eigenvalue weighted by molar-refractivity contribution is -0.167. The normalized spacial score (nSPS) is 12.5. The Labute approximate surface area is 402 Å². The van der Waals surface area contributed by atoms with Crippen LogP contribution in [0.1, 0.15) is 278 Å². The summed E-state index contributed by atoms with van der Waals surface area (Å²) < 4.78 is 16.8. The molecule has 0 aliphatic carbocycles. The molecule has 0 aliphatic heterocycles. The molecular formula is C59H104O6. The van der Waals surface area contributed by atoms with Crippen molar-refractivity contribution >= 4 is 17.9 Å². The van der Waals surface area contributed by atoms with Crippen molar-refractivity contribution in [3.63, 3.8) is 0 Å². The van der Waals surface area contributed by atoms with E-state index in [2.05, 4.69) is 81.5 Å². The van der Waals surface area contributed by atoms with Crippen molar-refractivity contribution in [2.75, 3.05) is 13.2 Å². The van der Waals surface area contributed by atoms with Gasteiger partial charge in [0.15, 0.2) is 6.10 Å². The van der Waals surface area contributed by atoms with E-state index in [4.69, 9.17) is 14.2 Å². The summed E-state index contributed by atoms with van der Waals surface area (Å²) in [4.78, 5) is 38.1. The third-order valence-corrected chi connectivity index (χ3v) is 12.0. The van der Waals surface area contributed by atoms with Crippen molar-refractivity contribution in [3.05, 3.63) is 60.8 Å². The van der Waals surface area contributed by atoms with Crippen LogP contribution in [-0.2, 0) is 28.6 Å². The summed E-state index contributed by atoms with van der Waals surface area (Å²) in [6, 6.07) is 0. The predicted octanol–water partition coefficient (Wildman–Crippen LogP) is 18.4. The minimum atomic E-state index is -0.798. The first-order chi connectivity index (χ1) is 32.0. The van der Waals surface area contributed by atoms with Gasteiger partial charge in [0.05, 0.1) is 0 Å². The molecule has 0 spiro atoms. The van der Waals surface area contributed by atoms with Gasteiger partial charge in [-0.3, -0.25) is 14.4 Å². The molecular weight excluding hydrogens is 805 g/mol. The Balaban J connectivity index is 4.45. The zero-order valence-corrected chi connectivity index (χ0v) is 43.0. The van der Waals surface area contributed by atoms with Crippen LogP contribution in [0.2, 0.25) is 0 Å². The number of carbonyl (C=O) groups is 3. The molecule has 0 aliphatic rings. The number of carbonyl (C=O) groups excluding carboxylic acids is 3. The molecule has 0 fully saturated rings. The first-order valence-electron chi connectivity index (χ1n) is 27.8. The highest BCUT2D eigenvalue weighted by molar-refractivity contribution is 5.71. The zero-order valence-electron chi connectivity index (χ0n) is 43.0. The van der Waals surface area contributed by atoms with E-state index in [1.165, 1.54) is 161 Å². The van der Waals surface area contributed by atoms with Crippen LogP contribution in [0.3, 0.4) is 0 Å². The molecule has 1 unspecified atom stereocenters. The standard InChI is InChI=1S/C59H104O6/c1-4-7-10-13-16-19-22-25-28-29-32-34-37-40-43-46-49-52-58(61)64-55-56(65-59(62)53-50-47-44-41-38-35-31-27-24-21-18-15-12-9-6-3)54-63-57(60)51-48-45-42-39-36-33-30-26-23-20-17-14-11-8-5-2/h18,21,24-25,27-28,32,34,40,43,56H,4-17,19-20,22-23,26,29-31,33,35-39,41-42,44-55H2,1-3H3/b21-18-,27-24-,28-25-,34-32-,43-40-. The number of hydrogen-bond donors (Lipinski definition) is 0. The van der Waals surface area contributed by atoms with Gasteiger partial charge in [-0.25, -0.2) is 0 Å². The van der Waals surface area contributed by atoms with Crippen LogP contribution in [0, 0.1) is 0 Å². The Bertz CT molecular complexity index is 1180. The van der Waals surface area contributed by atoms with E-state index in [1.807, 2.05) is 0 Å². The third-order valence-electron chi connectivity index (χ3n) is 12.0. The predicted molar refractivity (Wildman–Crippen MR) is 279 cm³/mol. The van der Waals surface area contributed by atoms with Gasteiger partial charge in [-0.15, -0.1) is 0 Å². The van der Waals surface area contributed by atoms with E-state index in [0.717, 1.165) is 70.6 Å². The number of esters is 3. The first kappa shape index (κ1) is 62.1. The lowest BCUT2D eigenvalue weighted by atomic mass is 10.0. The van der Waals surface area contributed by atoms with Crippen LogP contribution >= 0.6 is 0 Å². The minimum Gasteiger partial charge on any atom is -0.462 e. The van der Waals surface area contributed by atoms with Gasteiger partial charge in [0, 0.05) is 19.3 Å². The molecule has 0 radical (unpaired) electrons. The Morgan fingerprint density at radius 2 is 0.615 bits per heavy atom. The van der Waals surface area contributed by atoms with Gasteiger partial charge in [-0.2, -0.15) is 0 Å². The van der Waals surface area contributed by atoms with Crippen molar-refractivity contribution < 1.29 is 28.6 Å². The van der Waals surface area contributed by atoms with Crippen LogP contribution in [0.5, 0.6) is 0 Å². The molecule has 0 saturated carbocycles. The molecule has 0 aromatic heterocycles. The molecule has 1 atom stereocenters. The first-order valence-corrected chi connectivity index (χ1v) is 27.8. The zero-order chi connectivity index (χ0) is 47.2. The second-order valence-electron chi connectivity index (χ2n) is 18.5. The topological polar surface area (TPSA) is 78.9 Å². The van der Waals surface area contributed by atoms with Gasteiger partial charge in [0.25, 0.3) is 0 Å². The van der Waals surface area contributed by atoms with Crippen molar-refractivity contribution in [1.82, 2.24) is 0 Å². The summed E-state index contributed by atoms with van der Waals surface area (Å²) in [7, 11) is 0. The average Bonchev–Trinajstić information content (AvgIpc) is 3.30. The van der Waals surface area contributed by atoms with E-state index < -0.39 is 6.10 Å². The third kappa shape index (κ3) is 51.9. The fourth-order valence-corrected chi connectivity index (χ4v) is 7.80. The van der Waals surface area contributed by atoms with E-state index >= 15 is 0 Å². The van der Waals surface area contributed by atoms with Crippen LogP contribution in [-0.4, -0.2) is 37.2 Å². The fraction of sp³-hybridized carbons (Fsp3) is 0.780. The highest BCUT2D eigenvalue weighted by atomic mass is 16.6. The fourth-order valence-electron chi connectivity index (χ4n) is 7.80. The van der Waals surface area contributed by atoms with Gasteiger partial charge >= 0.3 is 17.9 Å². The van der Waals surface area contributed by atoms with Crippen molar-refractivity contribution in [1.29, 1.82) is 0 Å². The Kier molecular flexibility index (Phi) is 51.3. The molecule has 376 valence electrons. The Hall–Kier alpha value is -2.89. The summed E-state index contributed by atoms with van der Waals surface area (Å²) in [5.41, 5.74) is 0. The van der Waals surface area contributed by atoms with Crippen molar-refractivity contribution in [3.8, 4) is 0 Å². The van der Waals surface area contributed by atoms with Crippen LogP contribution in [0.4, 0.5) is 0 Å². The van der Waals surface area contributed by atoms with Gasteiger partial charge in [-0.1, -0.05) is 242 Å². The lowest BCUT2D eigenvalue weighted by Crippen LogP contribution is -2.30. The van der Waals surface area contributed by atoms with Gasteiger partial charge < -0.3 is 14.2 Å². The molecule has 0 N–H and O–H groups in total. The van der Waals surface area contributed by atoms with Gasteiger partial charge in [0.1, 0.15) is 13.2 Å². The van der Waals surface area contributed by atoms with Gasteiger partial charge in [0.2, 0.25) is 0 Å². The molecule has 6 heteroatoms. The second-order valence-corrected chi connectivity index (χ2v) is 18.5. The molecule has 0 bridgehead atoms. The number of ether oxygens (including phenoxy) is 3. The van der Waals surface area contributed by atoms with Crippen molar-refractivity contribution in [2.45, 2.75) is 284 Å². The summed E-state index contributed by atoms with van der Waals surface area (Å²) >= 11 is 0. The molecule has 0 aromatic carbocycles. The quantitative estimate of drug-likeness (QED) is 0.0199. The van der Waals surface area contributed by atoms with E-state index in [0.29, 0.717) is 19.3 Å². The monoisotopic (exact) mass is 909 g/mol. The smallest absolute Gasteiger partial charge is 0.306 e. The SMILES string of the molecule is CCCCC/C=C\C=C/CCCCCCCCC(=O)OC(COC(=O)CCC/C=C\C/C=C\C/C=C\CCCCCCCC)COC(=O)CCCCCCCCCCCCCCCCC. The van der Waals surface area contributed by atoms with Crippen molar-refractivity contribution in [2.24, 2.45) is 0 Å². The number of hydrogen-bond acceptors (Lipinski definition) is 6. The molecule has 0 rings (SSSR count). The van der Waals surface area contributed by atoms with Gasteiger partial charge in [-0.05, 0) is 77.0 Å². The maximum Gasteiger partial charge on any atom is 0.306 e. The summed E-state index contributed by atoms with van der Waals surface area (Å²) in [6.45, 7) is 6.57. The van der Waals surface area contributed by atoms with Crippen LogP contribution in [0.15, 0.2) is 60.8 Å². The maximum atomic E-state index is 12.8. The number of allylic oxidation sites excluding steroid dienone is 10. The summed E-state index contributed by atoms with van der Waals surface area (Å²) in [5.74, 6) is -0.950. The minimum absolute atomic E-state index is 0.0924. The lowest BCUT2D eigenvalue weighted by Gasteiger charge is -2.18. The maximum absolute atomic E-state index is 12.8. The Morgan fingerprint density at radius 1 is 0.323 bits per heavy atom. The second kappa shape index (κ2) is 53.7.